The van der Waals surface area contributed by atoms with Crippen molar-refractivity contribution < 1.29 is 9.90 Å². The van der Waals surface area contributed by atoms with Crippen molar-refractivity contribution in [2.45, 2.75) is 51.6 Å². The quantitative estimate of drug-likeness (QED) is 0.355. The Labute approximate surface area is 103 Å². The zero-order valence-corrected chi connectivity index (χ0v) is 10.9. The van der Waals surface area contributed by atoms with Crippen LogP contribution < -0.4 is 11.3 Å². The van der Waals surface area contributed by atoms with Crippen molar-refractivity contribution in [1.82, 2.24) is 10.3 Å². The highest BCUT2D eigenvalue weighted by Crippen LogP contribution is 2.27. The minimum atomic E-state index is -0.241. The van der Waals surface area contributed by atoms with Crippen LogP contribution in [-0.2, 0) is 4.79 Å². The molecule has 1 saturated carbocycles. The smallest absolute Gasteiger partial charge is 0.251 e. The number of amides is 1. The summed E-state index contributed by atoms with van der Waals surface area (Å²) < 4.78 is 0. The van der Waals surface area contributed by atoms with E-state index < -0.39 is 0 Å². The van der Waals surface area contributed by atoms with Gasteiger partial charge in [0.05, 0.1) is 12.6 Å². The lowest BCUT2D eigenvalue weighted by atomic mass is 9.99. The normalized spacial score (nSPS) is 18.9. The fourth-order valence-electron chi connectivity index (χ4n) is 2.82. The summed E-state index contributed by atoms with van der Waals surface area (Å²) in [4.78, 5) is 14.0. The first-order valence-corrected chi connectivity index (χ1v) is 6.48. The van der Waals surface area contributed by atoms with Crippen molar-refractivity contribution in [2.24, 2.45) is 11.8 Å². The third-order valence-corrected chi connectivity index (χ3v) is 3.55. The maximum Gasteiger partial charge on any atom is 0.251 e. The van der Waals surface area contributed by atoms with Crippen molar-refractivity contribution >= 4 is 5.91 Å². The van der Waals surface area contributed by atoms with Gasteiger partial charge in [-0.2, -0.15) is 0 Å². The van der Waals surface area contributed by atoms with Gasteiger partial charge in [0.1, 0.15) is 0 Å². The van der Waals surface area contributed by atoms with Gasteiger partial charge in [-0.05, 0) is 18.8 Å². The van der Waals surface area contributed by atoms with E-state index in [4.69, 9.17) is 5.84 Å². The topological polar surface area (TPSA) is 78.6 Å². The summed E-state index contributed by atoms with van der Waals surface area (Å²) in [7, 11) is 0. The van der Waals surface area contributed by atoms with Crippen LogP contribution in [0, 0.1) is 5.92 Å². The monoisotopic (exact) mass is 243 g/mol. The Morgan fingerprint density at radius 2 is 2.06 bits per heavy atom. The minimum absolute atomic E-state index is 0.0809. The van der Waals surface area contributed by atoms with Crippen LogP contribution in [0.5, 0.6) is 0 Å². The highest BCUT2D eigenvalue weighted by atomic mass is 16.3. The number of carbonyl (C=O) groups excluding carboxylic acids is 1. The van der Waals surface area contributed by atoms with Crippen molar-refractivity contribution in [3.05, 3.63) is 0 Å². The average molecular weight is 243 g/mol. The summed E-state index contributed by atoms with van der Waals surface area (Å²) in [6.07, 6.45) is 4.64. The molecule has 0 spiro atoms. The molecule has 100 valence electrons. The standard InChI is InChI=1S/C12H25N3O2/c1-9(2)11(12(17)14-13)15(7-8-16)10-5-3-4-6-10/h9-11,16H,3-8,13H2,1-2H3,(H,14,17). The van der Waals surface area contributed by atoms with Gasteiger partial charge < -0.3 is 5.11 Å². The lowest BCUT2D eigenvalue weighted by Crippen LogP contribution is -2.55. The second-order valence-corrected chi connectivity index (χ2v) is 5.10. The molecule has 0 aromatic rings. The molecule has 4 N–H and O–H groups in total. The molecule has 5 heteroatoms. The third-order valence-electron chi connectivity index (χ3n) is 3.55. The second kappa shape index (κ2) is 6.93. The van der Waals surface area contributed by atoms with E-state index in [2.05, 4.69) is 10.3 Å². The Balaban J connectivity index is 2.79. The van der Waals surface area contributed by atoms with Gasteiger partial charge in [0.2, 0.25) is 0 Å². The third kappa shape index (κ3) is 3.66. The first kappa shape index (κ1) is 14.4. The van der Waals surface area contributed by atoms with E-state index >= 15 is 0 Å². The van der Waals surface area contributed by atoms with E-state index in [0.29, 0.717) is 12.6 Å². The zero-order chi connectivity index (χ0) is 12.8. The molecule has 1 aliphatic carbocycles. The molecule has 1 rings (SSSR count). The summed E-state index contributed by atoms with van der Waals surface area (Å²) in [5, 5.41) is 9.18. The van der Waals surface area contributed by atoms with E-state index in [1.165, 1.54) is 12.8 Å². The molecule has 0 radical (unpaired) electrons. The largest absolute Gasteiger partial charge is 0.395 e. The number of hydrazine groups is 1. The number of nitrogens with one attached hydrogen (secondary N) is 1. The van der Waals surface area contributed by atoms with Gasteiger partial charge >= 0.3 is 0 Å². The van der Waals surface area contributed by atoms with Crippen LogP contribution in [0.15, 0.2) is 0 Å². The van der Waals surface area contributed by atoms with Gasteiger partial charge in [0.25, 0.3) is 5.91 Å². The van der Waals surface area contributed by atoms with E-state index in [9.17, 15) is 9.90 Å². The number of rotatable bonds is 6. The molecular weight excluding hydrogens is 218 g/mol. The Kier molecular flexibility index (Phi) is 5.88. The summed E-state index contributed by atoms with van der Waals surface area (Å²) in [6.45, 7) is 4.65. The molecule has 1 amide bonds. The predicted molar refractivity (Wildman–Crippen MR) is 67.0 cm³/mol. The van der Waals surface area contributed by atoms with Gasteiger partial charge in [-0.1, -0.05) is 26.7 Å². The van der Waals surface area contributed by atoms with Crippen LogP contribution >= 0.6 is 0 Å². The van der Waals surface area contributed by atoms with Gasteiger partial charge in [0, 0.05) is 12.6 Å². The van der Waals surface area contributed by atoms with Crippen LogP contribution in [0.2, 0.25) is 0 Å². The van der Waals surface area contributed by atoms with E-state index in [-0.39, 0.29) is 24.5 Å². The summed E-state index contributed by atoms with van der Waals surface area (Å²) in [5.41, 5.74) is 2.25. The Bertz CT molecular complexity index is 240. The van der Waals surface area contributed by atoms with E-state index in [1.807, 2.05) is 13.8 Å². The first-order valence-electron chi connectivity index (χ1n) is 6.48. The van der Waals surface area contributed by atoms with Gasteiger partial charge in [-0.15, -0.1) is 0 Å². The molecule has 0 saturated heterocycles. The number of aliphatic hydroxyl groups is 1. The van der Waals surface area contributed by atoms with Crippen molar-refractivity contribution in [3.63, 3.8) is 0 Å². The number of nitrogens with zero attached hydrogens (tertiary/aromatic N) is 1. The molecule has 1 unspecified atom stereocenters. The maximum absolute atomic E-state index is 11.9. The molecule has 0 heterocycles. The van der Waals surface area contributed by atoms with Crippen LogP contribution in [0.3, 0.4) is 0 Å². The molecule has 0 aromatic carbocycles. The molecule has 1 fully saturated rings. The maximum atomic E-state index is 11.9. The van der Waals surface area contributed by atoms with Crippen molar-refractivity contribution in [3.8, 4) is 0 Å². The fraction of sp³-hybridized carbons (Fsp3) is 0.917. The number of carbonyl (C=O) groups is 1. The molecule has 5 nitrogen and oxygen atoms in total. The molecule has 0 aliphatic heterocycles. The molecule has 17 heavy (non-hydrogen) atoms. The van der Waals surface area contributed by atoms with E-state index in [0.717, 1.165) is 12.8 Å². The van der Waals surface area contributed by atoms with Crippen LogP contribution in [0.25, 0.3) is 0 Å². The van der Waals surface area contributed by atoms with Crippen LogP contribution in [0.1, 0.15) is 39.5 Å². The molecule has 1 aliphatic rings. The summed E-state index contributed by atoms with van der Waals surface area (Å²) in [5.74, 6) is 5.29. The van der Waals surface area contributed by atoms with Crippen LogP contribution in [0.4, 0.5) is 0 Å². The lowest BCUT2D eigenvalue weighted by Gasteiger charge is -2.37. The number of nitrogens with two attached hydrogens (primary N) is 1. The van der Waals surface area contributed by atoms with Gasteiger partial charge in [-0.25, -0.2) is 5.84 Å². The Morgan fingerprint density at radius 3 is 2.47 bits per heavy atom. The number of aliphatic hydroxyl groups excluding tert-OH is 1. The summed E-state index contributed by atoms with van der Waals surface area (Å²) in [6, 6.07) is 0.169. The summed E-state index contributed by atoms with van der Waals surface area (Å²) >= 11 is 0. The zero-order valence-electron chi connectivity index (χ0n) is 10.9. The number of hydrogen-bond donors (Lipinski definition) is 3. The fourth-order valence-corrected chi connectivity index (χ4v) is 2.82. The first-order chi connectivity index (χ1) is 8.11. The van der Waals surface area contributed by atoms with Gasteiger partial charge in [0.15, 0.2) is 0 Å². The second-order valence-electron chi connectivity index (χ2n) is 5.10. The minimum Gasteiger partial charge on any atom is -0.395 e. The molecule has 1 atom stereocenters. The van der Waals surface area contributed by atoms with Crippen molar-refractivity contribution in [1.29, 1.82) is 0 Å². The van der Waals surface area contributed by atoms with Crippen molar-refractivity contribution in [2.75, 3.05) is 13.2 Å². The Hall–Kier alpha value is -0.650. The molecule has 0 bridgehead atoms. The van der Waals surface area contributed by atoms with Crippen LogP contribution in [-0.4, -0.2) is 41.1 Å². The van der Waals surface area contributed by atoms with Gasteiger partial charge in [-0.3, -0.25) is 15.1 Å². The lowest BCUT2D eigenvalue weighted by molar-refractivity contribution is -0.129. The average Bonchev–Trinajstić information content (AvgIpc) is 2.80. The highest BCUT2D eigenvalue weighted by molar-refractivity contribution is 5.81. The Morgan fingerprint density at radius 1 is 1.47 bits per heavy atom. The SMILES string of the molecule is CC(C)C(C(=O)NN)N(CCO)C1CCCC1. The number of hydrogen-bond acceptors (Lipinski definition) is 4. The molecular formula is C12H25N3O2. The van der Waals surface area contributed by atoms with E-state index in [1.54, 1.807) is 0 Å². The molecule has 0 aromatic heterocycles. The highest BCUT2D eigenvalue weighted by Gasteiger charge is 2.34. The predicted octanol–water partition coefficient (Wildman–Crippen LogP) is 0.238.